The maximum absolute atomic E-state index is 11.2. The van der Waals surface area contributed by atoms with Crippen LogP contribution in [0.3, 0.4) is 0 Å². The molecule has 66 valence electrons. The summed E-state index contributed by atoms with van der Waals surface area (Å²) in [5.74, 6) is 0. The first-order valence-electron chi connectivity index (χ1n) is 3.73. The van der Waals surface area contributed by atoms with Crippen LogP contribution in [0, 0.1) is 0 Å². The molecule has 0 aromatic carbocycles. The quantitative estimate of drug-likeness (QED) is 0.648. The highest BCUT2D eigenvalue weighted by atomic mass is 32.2. The van der Waals surface area contributed by atoms with Crippen molar-refractivity contribution in [2.24, 2.45) is 0 Å². The Labute approximate surface area is 67.0 Å². The summed E-state index contributed by atoms with van der Waals surface area (Å²) in [5, 5.41) is -0.331. The summed E-state index contributed by atoms with van der Waals surface area (Å²) in [6.45, 7) is 3.14. The van der Waals surface area contributed by atoms with E-state index in [4.69, 9.17) is 4.74 Å². The Morgan fingerprint density at radius 2 is 2.36 bits per heavy atom. The Bertz CT molecular complexity index is 206. The molecule has 1 fully saturated rings. The second-order valence-corrected chi connectivity index (χ2v) is 4.57. The Hall–Kier alpha value is -0.130. The average molecular weight is 179 g/mol. The first-order valence-corrected chi connectivity index (χ1v) is 5.27. The number of rotatable bonds is 3. The van der Waals surface area contributed by atoms with Crippen molar-refractivity contribution in [2.75, 3.05) is 19.8 Å². The van der Waals surface area contributed by atoms with Crippen molar-refractivity contribution in [3.8, 4) is 0 Å². The van der Waals surface area contributed by atoms with Crippen molar-refractivity contribution in [1.82, 2.24) is 4.72 Å². The van der Waals surface area contributed by atoms with Gasteiger partial charge in [-0.1, -0.05) is 6.92 Å². The molecule has 0 amide bonds. The normalized spacial score (nSPS) is 25.7. The molecule has 0 bridgehead atoms. The standard InChI is InChI=1S/C6H13NO3S/c1-2-7-11(8,9)6-3-4-10-5-6/h6-7H,2-5H2,1H3. The molecule has 0 aliphatic carbocycles. The summed E-state index contributed by atoms with van der Waals surface area (Å²) in [7, 11) is -3.09. The molecule has 1 atom stereocenters. The smallest absolute Gasteiger partial charge is 0.216 e. The third-order valence-corrected chi connectivity index (χ3v) is 3.61. The molecule has 1 heterocycles. The number of ether oxygens (including phenoxy) is 1. The van der Waals surface area contributed by atoms with Crippen molar-refractivity contribution in [3.63, 3.8) is 0 Å². The molecule has 1 rings (SSSR count). The van der Waals surface area contributed by atoms with E-state index in [2.05, 4.69) is 4.72 Å². The van der Waals surface area contributed by atoms with E-state index in [1.165, 1.54) is 0 Å². The summed E-state index contributed by atoms with van der Waals surface area (Å²) < 4.78 is 29.9. The summed E-state index contributed by atoms with van der Waals surface area (Å²) in [6.07, 6.45) is 0.620. The number of hydrogen-bond acceptors (Lipinski definition) is 3. The third kappa shape index (κ3) is 2.15. The summed E-state index contributed by atoms with van der Waals surface area (Å²) >= 11 is 0. The van der Waals surface area contributed by atoms with Gasteiger partial charge in [0.2, 0.25) is 10.0 Å². The van der Waals surface area contributed by atoms with Crippen LogP contribution in [0.4, 0.5) is 0 Å². The van der Waals surface area contributed by atoms with Gasteiger partial charge in [0.05, 0.1) is 6.61 Å². The second kappa shape index (κ2) is 3.51. The number of sulfonamides is 1. The highest BCUT2D eigenvalue weighted by Crippen LogP contribution is 2.11. The molecule has 1 saturated heterocycles. The topological polar surface area (TPSA) is 55.4 Å². The van der Waals surface area contributed by atoms with E-state index in [0.29, 0.717) is 26.2 Å². The van der Waals surface area contributed by atoms with Crippen molar-refractivity contribution in [3.05, 3.63) is 0 Å². The van der Waals surface area contributed by atoms with Crippen LogP contribution < -0.4 is 4.72 Å². The van der Waals surface area contributed by atoms with E-state index < -0.39 is 10.0 Å². The molecular weight excluding hydrogens is 166 g/mol. The fraction of sp³-hybridized carbons (Fsp3) is 1.00. The fourth-order valence-electron chi connectivity index (χ4n) is 1.08. The van der Waals surface area contributed by atoms with E-state index in [9.17, 15) is 8.42 Å². The first kappa shape index (κ1) is 8.96. The molecule has 5 heteroatoms. The van der Waals surface area contributed by atoms with Crippen LogP contribution >= 0.6 is 0 Å². The van der Waals surface area contributed by atoms with E-state index in [0.717, 1.165) is 0 Å². The zero-order valence-electron chi connectivity index (χ0n) is 6.54. The lowest BCUT2D eigenvalue weighted by atomic mass is 10.4. The molecule has 1 unspecified atom stereocenters. The lowest BCUT2D eigenvalue weighted by Crippen LogP contribution is -2.34. The van der Waals surface area contributed by atoms with Crippen molar-refractivity contribution in [2.45, 2.75) is 18.6 Å². The van der Waals surface area contributed by atoms with Crippen LogP contribution in [0.15, 0.2) is 0 Å². The van der Waals surface area contributed by atoms with Gasteiger partial charge in [0, 0.05) is 13.2 Å². The van der Waals surface area contributed by atoms with Gasteiger partial charge < -0.3 is 4.74 Å². The van der Waals surface area contributed by atoms with Gasteiger partial charge in [-0.25, -0.2) is 13.1 Å². The molecule has 0 aromatic rings. The zero-order chi connectivity index (χ0) is 8.32. The van der Waals surface area contributed by atoms with Crippen LogP contribution in [-0.2, 0) is 14.8 Å². The Morgan fingerprint density at radius 3 is 2.82 bits per heavy atom. The van der Waals surface area contributed by atoms with Gasteiger partial charge in [-0.15, -0.1) is 0 Å². The lowest BCUT2D eigenvalue weighted by Gasteiger charge is -2.08. The molecule has 0 saturated carbocycles. The number of hydrogen-bond donors (Lipinski definition) is 1. The predicted molar refractivity (Wildman–Crippen MR) is 41.8 cm³/mol. The highest BCUT2D eigenvalue weighted by Gasteiger charge is 2.28. The van der Waals surface area contributed by atoms with E-state index in [1.807, 2.05) is 0 Å². The molecule has 11 heavy (non-hydrogen) atoms. The largest absolute Gasteiger partial charge is 0.380 e. The van der Waals surface area contributed by atoms with Crippen molar-refractivity contribution >= 4 is 10.0 Å². The van der Waals surface area contributed by atoms with E-state index in [1.54, 1.807) is 6.92 Å². The maximum atomic E-state index is 11.2. The molecule has 1 aliphatic heterocycles. The minimum Gasteiger partial charge on any atom is -0.380 e. The second-order valence-electron chi connectivity index (χ2n) is 2.53. The van der Waals surface area contributed by atoms with Gasteiger partial charge in [-0.3, -0.25) is 0 Å². The van der Waals surface area contributed by atoms with Gasteiger partial charge in [0.15, 0.2) is 0 Å². The van der Waals surface area contributed by atoms with Gasteiger partial charge in [0.1, 0.15) is 5.25 Å². The SMILES string of the molecule is CCNS(=O)(=O)C1CCOC1. The summed E-state index contributed by atoms with van der Waals surface area (Å²) in [4.78, 5) is 0. The van der Waals surface area contributed by atoms with E-state index >= 15 is 0 Å². The fourth-order valence-corrected chi connectivity index (χ4v) is 2.40. The summed E-state index contributed by atoms with van der Waals surface area (Å²) in [6, 6.07) is 0. The molecule has 0 spiro atoms. The van der Waals surface area contributed by atoms with Crippen LogP contribution in [0.5, 0.6) is 0 Å². The molecular formula is C6H13NO3S. The first-order chi connectivity index (χ1) is 5.17. The lowest BCUT2D eigenvalue weighted by molar-refractivity contribution is 0.198. The van der Waals surface area contributed by atoms with Crippen LogP contribution in [0.1, 0.15) is 13.3 Å². The molecule has 0 radical (unpaired) electrons. The minimum absolute atomic E-state index is 0.331. The third-order valence-electron chi connectivity index (χ3n) is 1.67. The van der Waals surface area contributed by atoms with Gasteiger partial charge in [-0.05, 0) is 6.42 Å². The Morgan fingerprint density at radius 1 is 1.64 bits per heavy atom. The van der Waals surface area contributed by atoms with Gasteiger partial charge in [-0.2, -0.15) is 0 Å². The zero-order valence-corrected chi connectivity index (χ0v) is 7.36. The van der Waals surface area contributed by atoms with Crippen LogP contribution in [-0.4, -0.2) is 33.4 Å². The minimum atomic E-state index is -3.09. The predicted octanol–water partition coefficient (Wildman–Crippen LogP) is -0.285. The molecule has 0 aromatic heterocycles. The summed E-state index contributed by atoms with van der Waals surface area (Å²) in [5.41, 5.74) is 0. The van der Waals surface area contributed by atoms with Crippen LogP contribution in [0.25, 0.3) is 0 Å². The average Bonchev–Trinajstić information content (AvgIpc) is 2.37. The highest BCUT2D eigenvalue weighted by molar-refractivity contribution is 7.90. The molecule has 1 N–H and O–H groups in total. The monoisotopic (exact) mass is 179 g/mol. The molecule has 1 aliphatic rings. The van der Waals surface area contributed by atoms with E-state index in [-0.39, 0.29) is 5.25 Å². The Kier molecular flexibility index (Phi) is 2.86. The number of nitrogens with one attached hydrogen (secondary N) is 1. The van der Waals surface area contributed by atoms with Gasteiger partial charge >= 0.3 is 0 Å². The van der Waals surface area contributed by atoms with Crippen molar-refractivity contribution < 1.29 is 13.2 Å². The van der Waals surface area contributed by atoms with Crippen LogP contribution in [0.2, 0.25) is 0 Å². The molecule has 4 nitrogen and oxygen atoms in total. The maximum Gasteiger partial charge on any atom is 0.216 e. The Balaban J connectivity index is 2.56. The van der Waals surface area contributed by atoms with Crippen molar-refractivity contribution in [1.29, 1.82) is 0 Å². The van der Waals surface area contributed by atoms with Gasteiger partial charge in [0.25, 0.3) is 0 Å².